The topological polar surface area (TPSA) is 72.0 Å². The first-order valence-electron chi connectivity index (χ1n) is 9.50. The Labute approximate surface area is 180 Å². The molecule has 0 heterocycles. The number of halogens is 1. The van der Waals surface area contributed by atoms with Crippen LogP contribution in [0.15, 0.2) is 29.3 Å². The van der Waals surface area contributed by atoms with E-state index in [0.29, 0.717) is 19.6 Å². The van der Waals surface area contributed by atoms with Crippen molar-refractivity contribution in [2.24, 2.45) is 4.99 Å². The van der Waals surface area contributed by atoms with Crippen LogP contribution in [0.1, 0.15) is 51.5 Å². The highest BCUT2D eigenvalue weighted by atomic mass is 127. The van der Waals surface area contributed by atoms with Crippen LogP contribution in [0.5, 0.6) is 5.75 Å². The van der Waals surface area contributed by atoms with Crippen molar-refractivity contribution in [3.05, 3.63) is 29.8 Å². The van der Waals surface area contributed by atoms with Gasteiger partial charge in [-0.25, -0.2) is 4.99 Å². The Balaban J connectivity index is 0.00000676. The number of guanidine groups is 1. The molecule has 0 atom stereocenters. The maximum absolute atomic E-state index is 11.3. The Kier molecular flexibility index (Phi) is 15.7. The fourth-order valence-corrected chi connectivity index (χ4v) is 2.47. The standard InChI is InChI=1S/C20H33N3O3.HI/c1-4-21-20(23-16-17-11-10-12-18(15-17)25-3)22-14-9-7-6-8-13-19(24)26-5-2;/h10-12,15H,4-9,13-14,16H2,1-3H3,(H2,21,22,23);1H. The van der Waals surface area contributed by atoms with Crippen molar-refractivity contribution in [2.75, 3.05) is 26.8 Å². The first-order valence-corrected chi connectivity index (χ1v) is 9.50. The maximum atomic E-state index is 11.3. The normalized spacial score (nSPS) is 10.7. The molecule has 1 rings (SSSR count). The minimum absolute atomic E-state index is 0. The van der Waals surface area contributed by atoms with Gasteiger partial charge in [-0.15, -0.1) is 24.0 Å². The molecule has 1 aromatic carbocycles. The summed E-state index contributed by atoms with van der Waals surface area (Å²) in [6, 6.07) is 7.94. The van der Waals surface area contributed by atoms with Crippen molar-refractivity contribution in [1.82, 2.24) is 10.6 Å². The molecule has 0 aliphatic rings. The van der Waals surface area contributed by atoms with E-state index in [1.54, 1.807) is 7.11 Å². The van der Waals surface area contributed by atoms with E-state index in [1.807, 2.05) is 31.2 Å². The molecule has 0 bridgehead atoms. The van der Waals surface area contributed by atoms with Gasteiger partial charge in [-0.3, -0.25) is 4.79 Å². The van der Waals surface area contributed by atoms with Crippen LogP contribution in [0, 0.1) is 0 Å². The second-order valence-corrected chi connectivity index (χ2v) is 5.94. The van der Waals surface area contributed by atoms with Crippen LogP contribution in [0.25, 0.3) is 0 Å². The number of carbonyl (C=O) groups is 1. The number of rotatable bonds is 12. The molecule has 0 amide bonds. The van der Waals surface area contributed by atoms with E-state index in [1.165, 1.54) is 0 Å². The average molecular weight is 491 g/mol. The number of unbranched alkanes of at least 4 members (excludes halogenated alkanes) is 3. The monoisotopic (exact) mass is 491 g/mol. The fourth-order valence-electron chi connectivity index (χ4n) is 2.47. The van der Waals surface area contributed by atoms with Crippen LogP contribution >= 0.6 is 24.0 Å². The number of aliphatic imine (C=N–C) groups is 1. The molecule has 0 aromatic heterocycles. The lowest BCUT2D eigenvalue weighted by molar-refractivity contribution is -0.143. The lowest BCUT2D eigenvalue weighted by Gasteiger charge is -2.11. The van der Waals surface area contributed by atoms with Gasteiger partial charge in [-0.05, 0) is 44.4 Å². The van der Waals surface area contributed by atoms with E-state index in [0.717, 1.165) is 56.0 Å². The molecular formula is C20H34IN3O3. The number of nitrogens with one attached hydrogen (secondary N) is 2. The highest BCUT2D eigenvalue weighted by molar-refractivity contribution is 14.0. The van der Waals surface area contributed by atoms with E-state index in [9.17, 15) is 4.79 Å². The summed E-state index contributed by atoms with van der Waals surface area (Å²) in [6.45, 7) is 6.64. The zero-order chi connectivity index (χ0) is 19.0. The lowest BCUT2D eigenvalue weighted by Crippen LogP contribution is -2.37. The van der Waals surface area contributed by atoms with Crippen molar-refractivity contribution >= 4 is 35.9 Å². The Bertz CT molecular complexity index is 553. The summed E-state index contributed by atoms with van der Waals surface area (Å²) in [5, 5.41) is 6.61. The van der Waals surface area contributed by atoms with Gasteiger partial charge >= 0.3 is 5.97 Å². The summed E-state index contributed by atoms with van der Waals surface area (Å²) in [7, 11) is 1.67. The number of methoxy groups -OCH3 is 1. The molecule has 0 spiro atoms. The van der Waals surface area contributed by atoms with Crippen LogP contribution in [0.4, 0.5) is 0 Å². The summed E-state index contributed by atoms with van der Waals surface area (Å²) in [5.74, 6) is 1.57. The molecule has 0 saturated heterocycles. The second-order valence-electron chi connectivity index (χ2n) is 5.94. The molecule has 27 heavy (non-hydrogen) atoms. The molecule has 0 radical (unpaired) electrons. The molecule has 154 valence electrons. The van der Waals surface area contributed by atoms with Crippen LogP contribution in [0.3, 0.4) is 0 Å². The highest BCUT2D eigenvalue weighted by Crippen LogP contribution is 2.13. The van der Waals surface area contributed by atoms with Crippen LogP contribution in [0.2, 0.25) is 0 Å². The third-order valence-corrected chi connectivity index (χ3v) is 3.80. The molecule has 7 heteroatoms. The molecule has 1 aromatic rings. The number of nitrogens with zero attached hydrogens (tertiary/aromatic N) is 1. The molecule has 0 aliphatic heterocycles. The predicted molar refractivity (Wildman–Crippen MR) is 121 cm³/mol. The molecule has 0 unspecified atom stereocenters. The summed E-state index contributed by atoms with van der Waals surface area (Å²) >= 11 is 0. The van der Waals surface area contributed by atoms with E-state index in [4.69, 9.17) is 9.47 Å². The Morgan fingerprint density at radius 2 is 1.89 bits per heavy atom. The average Bonchev–Trinajstić information content (AvgIpc) is 2.65. The predicted octanol–water partition coefficient (Wildman–Crippen LogP) is 3.88. The Hall–Kier alpha value is -1.51. The van der Waals surface area contributed by atoms with Crippen LogP contribution in [-0.2, 0) is 16.1 Å². The summed E-state index contributed by atoms with van der Waals surface area (Å²) in [4.78, 5) is 15.9. The van der Waals surface area contributed by atoms with E-state index >= 15 is 0 Å². The molecule has 0 fully saturated rings. The molecule has 2 N–H and O–H groups in total. The fraction of sp³-hybridized carbons (Fsp3) is 0.600. The third kappa shape index (κ3) is 12.5. The largest absolute Gasteiger partial charge is 0.497 e. The SMILES string of the molecule is CCNC(=NCc1cccc(OC)c1)NCCCCCCC(=O)OCC.I. The minimum atomic E-state index is -0.0928. The maximum Gasteiger partial charge on any atom is 0.305 e. The van der Waals surface area contributed by atoms with Gasteiger partial charge in [0.15, 0.2) is 5.96 Å². The van der Waals surface area contributed by atoms with Gasteiger partial charge in [0.05, 0.1) is 20.3 Å². The molecule has 0 saturated carbocycles. The van der Waals surface area contributed by atoms with Gasteiger partial charge in [-0.2, -0.15) is 0 Å². The Morgan fingerprint density at radius 3 is 2.59 bits per heavy atom. The smallest absolute Gasteiger partial charge is 0.305 e. The van der Waals surface area contributed by atoms with Crippen molar-refractivity contribution in [1.29, 1.82) is 0 Å². The molecule has 0 aliphatic carbocycles. The number of hydrogen-bond acceptors (Lipinski definition) is 4. The number of esters is 1. The van der Waals surface area contributed by atoms with Crippen molar-refractivity contribution in [3.63, 3.8) is 0 Å². The van der Waals surface area contributed by atoms with Crippen LogP contribution < -0.4 is 15.4 Å². The zero-order valence-electron chi connectivity index (χ0n) is 16.8. The van der Waals surface area contributed by atoms with Gasteiger partial charge in [0.1, 0.15) is 5.75 Å². The van der Waals surface area contributed by atoms with Crippen molar-refractivity contribution in [2.45, 2.75) is 52.5 Å². The van der Waals surface area contributed by atoms with Crippen molar-refractivity contribution in [3.8, 4) is 5.75 Å². The highest BCUT2D eigenvalue weighted by Gasteiger charge is 2.01. The lowest BCUT2D eigenvalue weighted by atomic mass is 10.1. The van der Waals surface area contributed by atoms with E-state index in [2.05, 4.69) is 22.5 Å². The Morgan fingerprint density at radius 1 is 1.11 bits per heavy atom. The summed E-state index contributed by atoms with van der Waals surface area (Å²) in [5.41, 5.74) is 1.11. The van der Waals surface area contributed by atoms with Gasteiger partial charge in [0.2, 0.25) is 0 Å². The quantitative estimate of drug-likeness (QED) is 0.153. The zero-order valence-corrected chi connectivity index (χ0v) is 19.1. The number of carbonyl (C=O) groups excluding carboxylic acids is 1. The second kappa shape index (κ2) is 16.6. The van der Waals surface area contributed by atoms with Crippen LogP contribution in [-0.4, -0.2) is 38.7 Å². The van der Waals surface area contributed by atoms with Gasteiger partial charge in [0.25, 0.3) is 0 Å². The van der Waals surface area contributed by atoms with E-state index < -0.39 is 0 Å². The summed E-state index contributed by atoms with van der Waals surface area (Å²) in [6.07, 6.45) is 4.58. The number of ether oxygens (including phenoxy) is 2. The minimum Gasteiger partial charge on any atom is -0.497 e. The number of hydrogen-bond donors (Lipinski definition) is 2. The number of benzene rings is 1. The first kappa shape index (κ1) is 25.5. The first-order chi connectivity index (χ1) is 12.7. The summed E-state index contributed by atoms with van der Waals surface area (Å²) < 4.78 is 10.2. The third-order valence-electron chi connectivity index (χ3n) is 3.80. The van der Waals surface area contributed by atoms with Gasteiger partial charge in [0, 0.05) is 19.5 Å². The van der Waals surface area contributed by atoms with Gasteiger partial charge in [-0.1, -0.05) is 25.0 Å². The van der Waals surface area contributed by atoms with Crippen molar-refractivity contribution < 1.29 is 14.3 Å². The van der Waals surface area contributed by atoms with E-state index in [-0.39, 0.29) is 29.9 Å². The molecular weight excluding hydrogens is 457 g/mol. The molecule has 6 nitrogen and oxygen atoms in total. The van der Waals surface area contributed by atoms with Gasteiger partial charge < -0.3 is 20.1 Å².